The number of imide groups is 1. The molecule has 27 heteroatoms. The van der Waals surface area contributed by atoms with Gasteiger partial charge in [0.25, 0.3) is 17.4 Å². The van der Waals surface area contributed by atoms with Gasteiger partial charge in [0.1, 0.15) is 12.6 Å². The molecule has 8 rings (SSSR count). The van der Waals surface area contributed by atoms with E-state index in [0.717, 1.165) is 46.2 Å². The molecule has 27 nitrogen and oxygen atoms in total. The summed E-state index contributed by atoms with van der Waals surface area (Å²) in [5, 5.41) is 25.3. The summed E-state index contributed by atoms with van der Waals surface area (Å²) >= 11 is 0. The second-order valence-electron chi connectivity index (χ2n) is 21.7. The van der Waals surface area contributed by atoms with Gasteiger partial charge >= 0.3 is 5.97 Å². The van der Waals surface area contributed by atoms with Crippen LogP contribution >= 0.6 is 0 Å². The molecule has 0 saturated heterocycles. The summed E-state index contributed by atoms with van der Waals surface area (Å²) in [7, 11) is 0. The molecule has 4 aromatic rings. The van der Waals surface area contributed by atoms with Crippen molar-refractivity contribution in [2.24, 2.45) is 0 Å². The molecule has 0 unspecified atom stereocenters. The highest BCUT2D eigenvalue weighted by Gasteiger charge is 2.46. The molecule has 1 saturated carbocycles. The summed E-state index contributed by atoms with van der Waals surface area (Å²) < 4.78 is 39.6. The smallest absolute Gasteiger partial charge is 0.343 e. The standard InChI is InChI=1S/C63H79N9O18/c1-2-63(83)48-36-51-59-46(40-72(51)61(81)47(48)41-90-62(63)82)44(45-13-6-7-14-49(45)69-59)17-21-70(43-11-8-12-43)58(79)39-67-60(80)50(35-42-9-4-3-5-10-42)68-55(76)38-66-54(75)37-65-53(74)19-23-84-25-27-86-29-31-88-33-34-89-32-30-87-28-26-85-24-20-64-52(73)18-22-71-56(77)15-16-57(71)78/h3-7,9-10,13-16,36,43,50,83H,2,8,11-12,17-35,37-41H2,1H3,(H,64,73)(H,65,74)(H,66,75)(H,67,80)(H,68,76)/t50-,63-/m0/s1. The van der Waals surface area contributed by atoms with E-state index in [1.165, 1.54) is 12.2 Å². The number of rotatable bonds is 39. The fourth-order valence-electron chi connectivity index (χ4n) is 10.6. The molecular formula is C63H79N9O18. The van der Waals surface area contributed by atoms with Crippen molar-refractivity contribution in [1.82, 2.24) is 45.9 Å². The Morgan fingerprint density at radius 2 is 1.30 bits per heavy atom. The van der Waals surface area contributed by atoms with Crippen LogP contribution in [0.3, 0.4) is 0 Å². The average Bonchev–Trinajstić information content (AvgIpc) is 1.91. The molecule has 6 N–H and O–H groups in total. The summed E-state index contributed by atoms with van der Waals surface area (Å²) in [6.45, 7) is 4.61. The van der Waals surface area contributed by atoms with E-state index in [1.807, 2.05) is 30.3 Å². The number of cyclic esters (lactones) is 1. The molecule has 0 radical (unpaired) electrons. The maximum atomic E-state index is 14.2. The van der Waals surface area contributed by atoms with Crippen molar-refractivity contribution in [2.75, 3.05) is 119 Å². The lowest BCUT2D eigenvalue weighted by Gasteiger charge is -2.38. The van der Waals surface area contributed by atoms with E-state index in [9.17, 15) is 53.1 Å². The van der Waals surface area contributed by atoms with Gasteiger partial charge in [0.05, 0.1) is 128 Å². The molecule has 8 amide bonds. The number of nitrogens with zero attached hydrogens (tertiary/aromatic N) is 4. The van der Waals surface area contributed by atoms with E-state index in [1.54, 1.807) is 46.7 Å². The first-order valence-electron chi connectivity index (χ1n) is 30.4. The molecular weight excluding hydrogens is 1170 g/mol. The summed E-state index contributed by atoms with van der Waals surface area (Å²) in [5.41, 5.74) is 2.21. The number of pyridine rings is 2. The maximum Gasteiger partial charge on any atom is 0.343 e. The lowest BCUT2D eigenvalue weighted by molar-refractivity contribution is -0.172. The normalized spacial score (nSPS) is 16.0. The number of aliphatic hydroxyl groups is 1. The van der Waals surface area contributed by atoms with Gasteiger partial charge in [-0.25, -0.2) is 9.78 Å². The van der Waals surface area contributed by atoms with Crippen LogP contribution in [0, 0.1) is 0 Å². The topological polar surface area (TPSA) is 340 Å². The predicted octanol–water partition coefficient (Wildman–Crippen LogP) is 0.000300. The highest BCUT2D eigenvalue weighted by Crippen LogP contribution is 2.40. The Balaban J connectivity index is 0.675. The molecule has 3 aliphatic heterocycles. The van der Waals surface area contributed by atoms with Crippen molar-refractivity contribution in [3.63, 3.8) is 0 Å². The Bertz CT molecular complexity index is 3280. The van der Waals surface area contributed by atoms with Gasteiger partial charge < -0.3 is 74.3 Å². The first kappa shape index (κ1) is 67.6. The van der Waals surface area contributed by atoms with E-state index in [-0.39, 0.29) is 119 Å². The van der Waals surface area contributed by atoms with Crippen molar-refractivity contribution < 1.29 is 81.4 Å². The quantitative estimate of drug-likeness (QED) is 0.0171. The number of esters is 1. The van der Waals surface area contributed by atoms with Crippen LogP contribution in [-0.2, 0) is 108 Å². The fourth-order valence-corrected chi connectivity index (χ4v) is 10.6. The van der Waals surface area contributed by atoms with E-state index in [4.69, 9.17) is 38.1 Å². The number of amides is 8. The first-order chi connectivity index (χ1) is 43.6. The number of para-hydroxylation sites is 1. The number of carbonyl (C=O) groups excluding carboxylic acids is 9. The average molecular weight is 1250 g/mol. The van der Waals surface area contributed by atoms with Crippen LogP contribution in [0.15, 0.2) is 77.6 Å². The number of ether oxygens (including phenoxy) is 7. The second kappa shape index (κ2) is 34.0. The van der Waals surface area contributed by atoms with Gasteiger partial charge in [0, 0.05) is 73.6 Å². The van der Waals surface area contributed by atoms with Crippen molar-refractivity contribution in [1.29, 1.82) is 0 Å². The van der Waals surface area contributed by atoms with Crippen molar-refractivity contribution >= 4 is 64.1 Å². The van der Waals surface area contributed by atoms with Gasteiger partial charge in [-0.3, -0.25) is 48.1 Å². The van der Waals surface area contributed by atoms with E-state index < -0.39 is 66.1 Å². The van der Waals surface area contributed by atoms with Gasteiger partial charge in [-0.05, 0) is 55.4 Å². The Hall–Kier alpha value is -8.31. The Kier molecular flexibility index (Phi) is 25.6. The Morgan fingerprint density at radius 1 is 0.700 bits per heavy atom. The second-order valence-corrected chi connectivity index (χ2v) is 21.7. The summed E-state index contributed by atoms with van der Waals surface area (Å²) in [6.07, 6.45) is 5.32. The molecule has 2 atom stereocenters. The highest BCUT2D eigenvalue weighted by molar-refractivity contribution is 6.13. The van der Waals surface area contributed by atoms with Crippen LogP contribution in [0.2, 0.25) is 0 Å². The lowest BCUT2D eigenvalue weighted by Crippen LogP contribution is -2.54. The zero-order valence-corrected chi connectivity index (χ0v) is 50.6. The molecule has 484 valence electrons. The van der Waals surface area contributed by atoms with Gasteiger partial charge in [-0.15, -0.1) is 0 Å². The molecule has 1 fully saturated rings. The zero-order valence-electron chi connectivity index (χ0n) is 50.6. The largest absolute Gasteiger partial charge is 0.458 e. The number of benzene rings is 2. The molecule has 0 spiro atoms. The van der Waals surface area contributed by atoms with Gasteiger partial charge in [0.2, 0.25) is 35.4 Å². The van der Waals surface area contributed by atoms with Crippen molar-refractivity contribution in [3.05, 3.63) is 111 Å². The SMILES string of the molecule is CC[C@@]1(O)C(=O)OCc2c1cc1n(c2=O)Cc2c-1nc1ccccc1c2CCN(C(=O)CNC(=O)[C@H](Cc1ccccc1)NC(=O)CNC(=O)CNC(=O)CCOCCOCCOCCOCCOCCOCCNC(=O)CCN1C(=O)C=CC1=O)C1CCC1. The minimum absolute atomic E-state index is 0.0103. The summed E-state index contributed by atoms with van der Waals surface area (Å²) in [6, 6.07) is 17.1. The van der Waals surface area contributed by atoms with Crippen LogP contribution in [-0.4, -0.2) is 208 Å². The van der Waals surface area contributed by atoms with Crippen LogP contribution in [0.25, 0.3) is 22.3 Å². The molecule has 0 bridgehead atoms. The van der Waals surface area contributed by atoms with E-state index >= 15 is 0 Å². The predicted molar refractivity (Wildman–Crippen MR) is 322 cm³/mol. The molecule has 1 aliphatic carbocycles. The van der Waals surface area contributed by atoms with E-state index in [2.05, 4.69) is 26.6 Å². The first-order valence-corrected chi connectivity index (χ1v) is 30.4. The van der Waals surface area contributed by atoms with Gasteiger partial charge in [0.15, 0.2) is 5.60 Å². The molecule has 90 heavy (non-hydrogen) atoms. The van der Waals surface area contributed by atoms with Crippen LogP contribution in [0.1, 0.15) is 73.3 Å². The number of nitrogens with one attached hydrogen (secondary N) is 5. The lowest BCUT2D eigenvalue weighted by atomic mass is 9.86. The van der Waals surface area contributed by atoms with Crippen molar-refractivity contribution in [2.45, 2.75) is 89.1 Å². The monoisotopic (exact) mass is 1250 g/mol. The minimum Gasteiger partial charge on any atom is -0.458 e. The third-order valence-corrected chi connectivity index (χ3v) is 15.8. The van der Waals surface area contributed by atoms with Gasteiger partial charge in [-0.1, -0.05) is 55.5 Å². The Labute approximate surface area is 519 Å². The number of hydrogen-bond donors (Lipinski definition) is 6. The number of fused-ring (bicyclic) bond motifs is 5. The van der Waals surface area contributed by atoms with Crippen LogP contribution in [0.4, 0.5) is 0 Å². The molecule has 5 heterocycles. The number of carbonyl (C=O) groups is 9. The molecule has 2 aromatic heterocycles. The van der Waals surface area contributed by atoms with E-state index in [0.29, 0.717) is 82.7 Å². The summed E-state index contributed by atoms with van der Waals surface area (Å²) in [5.74, 6) is -4.62. The zero-order chi connectivity index (χ0) is 63.8. The fraction of sp³-hybridized carbons (Fsp3) is 0.508. The van der Waals surface area contributed by atoms with Crippen LogP contribution < -0.4 is 32.1 Å². The molecule has 2 aromatic carbocycles. The molecule has 4 aliphatic rings. The van der Waals surface area contributed by atoms with Crippen LogP contribution in [0.5, 0.6) is 0 Å². The van der Waals surface area contributed by atoms with Gasteiger partial charge in [-0.2, -0.15) is 0 Å². The Morgan fingerprint density at radius 3 is 1.94 bits per heavy atom. The maximum absolute atomic E-state index is 14.2. The third kappa shape index (κ3) is 18.6. The summed E-state index contributed by atoms with van der Waals surface area (Å²) in [4.78, 5) is 136. The number of aromatic nitrogens is 2. The number of hydrogen-bond acceptors (Lipinski definition) is 19. The third-order valence-electron chi connectivity index (χ3n) is 15.8. The van der Waals surface area contributed by atoms with Crippen molar-refractivity contribution in [3.8, 4) is 11.4 Å². The highest BCUT2D eigenvalue weighted by atomic mass is 16.6. The minimum atomic E-state index is -1.98.